The van der Waals surface area contributed by atoms with Gasteiger partial charge in [-0.3, -0.25) is 4.98 Å². The van der Waals surface area contributed by atoms with Gasteiger partial charge in [-0.05, 0) is 49.4 Å². The number of rotatable bonds is 5. The molecule has 0 radical (unpaired) electrons. The van der Waals surface area contributed by atoms with Crippen LogP contribution in [0.2, 0.25) is 0 Å². The molecule has 6 nitrogen and oxygen atoms in total. The van der Waals surface area contributed by atoms with E-state index in [1.54, 1.807) is 12.3 Å². The van der Waals surface area contributed by atoms with Crippen molar-refractivity contribution in [2.24, 2.45) is 0 Å². The van der Waals surface area contributed by atoms with Crippen LogP contribution in [0.1, 0.15) is 23.1 Å². The molecule has 5 rings (SSSR count). The molecule has 0 unspecified atom stereocenters. The minimum Gasteiger partial charge on any atom is -0.489 e. The lowest BCUT2D eigenvalue weighted by Crippen LogP contribution is -2.35. The fraction of sp³-hybridized carbons (Fsp3) is 0.200. The zero-order chi connectivity index (χ0) is 21.2. The van der Waals surface area contributed by atoms with Crippen molar-refractivity contribution in [3.8, 4) is 17.2 Å². The number of para-hydroxylation sites is 1. The summed E-state index contributed by atoms with van der Waals surface area (Å²) in [5, 5.41) is 12.0. The van der Waals surface area contributed by atoms with E-state index in [-0.39, 0.29) is 6.61 Å². The molecule has 1 aliphatic heterocycles. The molecule has 6 heteroatoms. The molecule has 0 spiro atoms. The lowest BCUT2D eigenvalue weighted by molar-refractivity contribution is -0.0106. The van der Waals surface area contributed by atoms with E-state index in [0.717, 1.165) is 22.3 Å². The van der Waals surface area contributed by atoms with E-state index in [2.05, 4.69) is 9.97 Å². The summed E-state index contributed by atoms with van der Waals surface area (Å²) in [6, 6.07) is 21.1. The number of benzene rings is 2. The Morgan fingerprint density at radius 1 is 1.03 bits per heavy atom. The highest BCUT2D eigenvalue weighted by Gasteiger charge is 2.31. The van der Waals surface area contributed by atoms with Crippen LogP contribution in [0, 0.1) is 6.92 Å². The van der Waals surface area contributed by atoms with Crippen LogP contribution in [0.3, 0.4) is 0 Å². The van der Waals surface area contributed by atoms with E-state index in [0.29, 0.717) is 29.4 Å². The number of aliphatic hydroxyl groups is 1. The summed E-state index contributed by atoms with van der Waals surface area (Å²) < 4.78 is 17.6. The highest BCUT2D eigenvalue weighted by molar-refractivity contribution is 5.78. The first-order valence-electron chi connectivity index (χ1n) is 10.2. The van der Waals surface area contributed by atoms with E-state index in [4.69, 9.17) is 14.2 Å². The van der Waals surface area contributed by atoms with Crippen molar-refractivity contribution < 1.29 is 19.3 Å². The van der Waals surface area contributed by atoms with Crippen molar-refractivity contribution >= 4 is 10.9 Å². The van der Waals surface area contributed by atoms with Gasteiger partial charge in [-0.25, -0.2) is 4.98 Å². The third-order valence-corrected chi connectivity index (χ3v) is 5.27. The highest BCUT2D eigenvalue weighted by Crippen LogP contribution is 2.36. The molecular weight excluding hydrogens is 392 g/mol. The van der Waals surface area contributed by atoms with Gasteiger partial charge >= 0.3 is 0 Å². The molecule has 1 N–H and O–H groups in total. The molecule has 0 fully saturated rings. The van der Waals surface area contributed by atoms with Gasteiger partial charge in [0.1, 0.15) is 36.6 Å². The van der Waals surface area contributed by atoms with E-state index >= 15 is 0 Å². The Morgan fingerprint density at radius 3 is 2.77 bits per heavy atom. The first-order valence-corrected chi connectivity index (χ1v) is 10.2. The van der Waals surface area contributed by atoms with E-state index in [1.807, 2.05) is 67.6 Å². The Balaban J connectivity index is 1.30. The van der Waals surface area contributed by atoms with E-state index in [1.165, 1.54) is 0 Å². The maximum Gasteiger partial charge on any atom is 0.163 e. The molecule has 4 aromatic rings. The Kier molecular flexibility index (Phi) is 5.14. The lowest BCUT2D eigenvalue weighted by Gasteiger charge is -2.30. The van der Waals surface area contributed by atoms with Crippen LogP contribution in [-0.4, -0.2) is 27.8 Å². The summed E-state index contributed by atoms with van der Waals surface area (Å²) in [4.78, 5) is 8.86. The standard InChI is InChI=1S/C25H22N2O4/c1-16-6-9-20(13-26-16)31-24-15-30-23-11-10-19(12-21(23)25(24)28)29-14-18-8-7-17-4-2-3-5-22(17)27-18/h2-13,24-25,28H,14-15H2,1H3/t24-,25+/m0/s1. The van der Waals surface area contributed by atoms with Crippen molar-refractivity contribution in [1.29, 1.82) is 0 Å². The first-order chi connectivity index (χ1) is 15.2. The van der Waals surface area contributed by atoms with Crippen molar-refractivity contribution in [3.63, 3.8) is 0 Å². The Bertz CT molecular complexity index is 1210. The van der Waals surface area contributed by atoms with Crippen LogP contribution in [0.15, 0.2) is 72.9 Å². The predicted molar refractivity (Wildman–Crippen MR) is 116 cm³/mol. The SMILES string of the molecule is Cc1ccc(O[C@H]2COc3ccc(OCc4ccc5ccccc5n4)cc3[C@H]2O)cn1. The molecule has 2 aromatic heterocycles. The molecule has 2 aromatic carbocycles. The number of pyridine rings is 2. The molecule has 0 amide bonds. The maximum atomic E-state index is 10.9. The first kappa shape index (κ1) is 19.3. The average molecular weight is 414 g/mol. The van der Waals surface area contributed by atoms with E-state index in [9.17, 15) is 5.11 Å². The number of nitrogens with zero attached hydrogens (tertiary/aromatic N) is 2. The normalized spacial score (nSPS) is 17.6. The van der Waals surface area contributed by atoms with Gasteiger partial charge in [-0.1, -0.05) is 24.3 Å². The molecule has 2 atom stereocenters. The van der Waals surface area contributed by atoms with Gasteiger partial charge in [0, 0.05) is 16.6 Å². The quantitative estimate of drug-likeness (QED) is 0.522. The number of hydrogen-bond donors (Lipinski definition) is 1. The summed E-state index contributed by atoms with van der Waals surface area (Å²) in [5.74, 6) is 1.86. The molecule has 156 valence electrons. The van der Waals surface area contributed by atoms with Crippen LogP contribution in [0.5, 0.6) is 17.2 Å². The number of fused-ring (bicyclic) bond motifs is 2. The molecular formula is C25H22N2O4. The maximum absolute atomic E-state index is 10.9. The van der Waals surface area contributed by atoms with Gasteiger partial charge in [-0.2, -0.15) is 0 Å². The smallest absolute Gasteiger partial charge is 0.163 e. The fourth-order valence-corrected chi connectivity index (χ4v) is 3.59. The van der Waals surface area contributed by atoms with Gasteiger partial charge in [0.15, 0.2) is 6.10 Å². The van der Waals surface area contributed by atoms with Crippen LogP contribution in [0.25, 0.3) is 10.9 Å². The van der Waals surface area contributed by atoms with Crippen LogP contribution >= 0.6 is 0 Å². The Morgan fingerprint density at radius 2 is 1.90 bits per heavy atom. The molecule has 0 bridgehead atoms. The van der Waals surface area contributed by atoms with Crippen molar-refractivity contribution in [2.45, 2.75) is 25.7 Å². The number of hydrogen-bond acceptors (Lipinski definition) is 6. The molecule has 0 aliphatic carbocycles. The second-order valence-corrected chi connectivity index (χ2v) is 7.53. The zero-order valence-electron chi connectivity index (χ0n) is 17.1. The summed E-state index contributed by atoms with van der Waals surface area (Å²) in [6.07, 6.45) is 0.273. The molecule has 0 saturated heterocycles. The van der Waals surface area contributed by atoms with Crippen molar-refractivity contribution in [1.82, 2.24) is 9.97 Å². The third kappa shape index (κ3) is 4.15. The minimum absolute atomic E-state index is 0.253. The van der Waals surface area contributed by atoms with Crippen molar-refractivity contribution in [2.75, 3.05) is 6.61 Å². The summed E-state index contributed by atoms with van der Waals surface area (Å²) >= 11 is 0. The third-order valence-electron chi connectivity index (χ3n) is 5.27. The highest BCUT2D eigenvalue weighted by atomic mass is 16.5. The van der Waals surface area contributed by atoms with Gasteiger partial charge in [0.25, 0.3) is 0 Å². The summed E-state index contributed by atoms with van der Waals surface area (Å²) in [6.45, 7) is 2.49. The van der Waals surface area contributed by atoms with Gasteiger partial charge < -0.3 is 19.3 Å². The van der Waals surface area contributed by atoms with E-state index < -0.39 is 12.2 Å². The lowest BCUT2D eigenvalue weighted by atomic mass is 10.0. The molecule has 1 aliphatic rings. The van der Waals surface area contributed by atoms with Gasteiger partial charge in [0.05, 0.1) is 17.4 Å². The summed E-state index contributed by atoms with van der Waals surface area (Å²) in [5.41, 5.74) is 3.31. The largest absolute Gasteiger partial charge is 0.489 e. The Hall–Kier alpha value is -3.64. The van der Waals surface area contributed by atoms with Gasteiger partial charge in [0.2, 0.25) is 0 Å². The topological polar surface area (TPSA) is 73.7 Å². The fourth-order valence-electron chi connectivity index (χ4n) is 3.59. The number of aromatic nitrogens is 2. The predicted octanol–water partition coefficient (Wildman–Crippen LogP) is 4.39. The second-order valence-electron chi connectivity index (χ2n) is 7.53. The Labute approximate surface area is 180 Å². The zero-order valence-corrected chi connectivity index (χ0v) is 17.1. The van der Waals surface area contributed by atoms with Crippen LogP contribution in [0.4, 0.5) is 0 Å². The van der Waals surface area contributed by atoms with Crippen molar-refractivity contribution in [3.05, 3.63) is 89.9 Å². The average Bonchev–Trinajstić information content (AvgIpc) is 2.81. The van der Waals surface area contributed by atoms with Crippen LogP contribution < -0.4 is 14.2 Å². The van der Waals surface area contributed by atoms with Gasteiger partial charge in [-0.15, -0.1) is 0 Å². The minimum atomic E-state index is -0.840. The number of ether oxygens (including phenoxy) is 3. The molecule has 0 saturated carbocycles. The van der Waals surface area contributed by atoms with Crippen LogP contribution in [-0.2, 0) is 6.61 Å². The molecule has 3 heterocycles. The molecule has 31 heavy (non-hydrogen) atoms. The number of aryl methyl sites for hydroxylation is 1. The number of aliphatic hydroxyl groups excluding tert-OH is 1. The summed E-state index contributed by atoms with van der Waals surface area (Å²) in [7, 11) is 0. The second kappa shape index (κ2) is 8.24. The monoisotopic (exact) mass is 414 g/mol.